The standard InChI is InChI=1S/C74H148O2/c1-3-5-7-9-11-13-15-17-19-21-23-25-27-29-31-33-35-37-39-41-43-45-47-49-51-53-55-57-59-61-63-65-67-69-71-73-76-74(75)72-70-68-66-64-62-60-58-56-54-52-50-48-46-44-42-40-38-36-34-32-30-28-26-24-22-20-18-16-14-12-10-8-6-4-2/h3-73H2,1-2H3. The van der Waals surface area contributed by atoms with Gasteiger partial charge in [0.25, 0.3) is 0 Å². The van der Waals surface area contributed by atoms with E-state index in [1.165, 1.54) is 430 Å². The highest BCUT2D eigenvalue weighted by atomic mass is 16.5. The lowest BCUT2D eigenvalue weighted by molar-refractivity contribution is -0.143. The molecule has 0 fully saturated rings. The summed E-state index contributed by atoms with van der Waals surface area (Å²) in [6.45, 7) is 5.26. The third-order valence-corrected chi connectivity index (χ3v) is 17.7. The van der Waals surface area contributed by atoms with Crippen LogP contribution in [0.3, 0.4) is 0 Å². The van der Waals surface area contributed by atoms with Gasteiger partial charge in [0.15, 0.2) is 0 Å². The topological polar surface area (TPSA) is 26.3 Å². The van der Waals surface area contributed by atoms with E-state index in [-0.39, 0.29) is 5.97 Å². The SMILES string of the molecule is CCCCCCCCCCCCCCCCCCCCCCCCCCCCCCCCCCCCCOC(=O)CCCCCCCCCCCCCCCCCCCCCCCCCCCCCCCCCCCC. The molecule has 2 nitrogen and oxygen atoms in total. The van der Waals surface area contributed by atoms with Crippen LogP contribution in [-0.4, -0.2) is 12.6 Å². The summed E-state index contributed by atoms with van der Waals surface area (Å²) < 4.78 is 5.54. The Bertz CT molecular complexity index is 990. The Balaban J connectivity index is 3.14. The van der Waals surface area contributed by atoms with E-state index in [1.807, 2.05) is 0 Å². The second-order valence-corrected chi connectivity index (χ2v) is 25.7. The molecule has 0 aliphatic heterocycles. The van der Waals surface area contributed by atoms with Gasteiger partial charge in [-0.3, -0.25) is 4.79 Å². The molecular formula is C74H148O2. The third kappa shape index (κ3) is 71.5. The molecule has 2 heteroatoms. The predicted octanol–water partition coefficient (Wildman–Crippen LogP) is 27.9. The molecule has 0 atom stereocenters. The molecule has 0 heterocycles. The Hall–Kier alpha value is -0.530. The number of carbonyl (C=O) groups excluding carboxylic acids is 1. The van der Waals surface area contributed by atoms with Crippen molar-refractivity contribution in [3.05, 3.63) is 0 Å². The number of carbonyl (C=O) groups is 1. The maximum absolute atomic E-state index is 12.2. The van der Waals surface area contributed by atoms with E-state index < -0.39 is 0 Å². The summed E-state index contributed by atoms with van der Waals surface area (Å²) >= 11 is 0. The summed E-state index contributed by atoms with van der Waals surface area (Å²) in [5, 5.41) is 0. The second-order valence-electron chi connectivity index (χ2n) is 25.7. The van der Waals surface area contributed by atoms with Gasteiger partial charge in [0.2, 0.25) is 0 Å². The minimum Gasteiger partial charge on any atom is -0.466 e. The van der Waals surface area contributed by atoms with Crippen molar-refractivity contribution in [3.63, 3.8) is 0 Å². The van der Waals surface area contributed by atoms with Crippen molar-refractivity contribution in [2.45, 2.75) is 463 Å². The smallest absolute Gasteiger partial charge is 0.305 e. The van der Waals surface area contributed by atoms with Gasteiger partial charge in [0.05, 0.1) is 6.61 Å². The highest BCUT2D eigenvalue weighted by Gasteiger charge is 2.04. The lowest BCUT2D eigenvalue weighted by Gasteiger charge is -2.06. The molecule has 0 radical (unpaired) electrons. The zero-order valence-electron chi connectivity index (χ0n) is 53.5. The largest absolute Gasteiger partial charge is 0.466 e. The first kappa shape index (κ1) is 75.5. The summed E-state index contributed by atoms with van der Waals surface area (Å²) in [7, 11) is 0. The Morgan fingerprint density at radius 3 is 0.434 bits per heavy atom. The minimum absolute atomic E-state index is 0.0390. The molecule has 0 rings (SSSR count). The van der Waals surface area contributed by atoms with Crippen LogP contribution in [-0.2, 0) is 9.53 Å². The fourth-order valence-electron chi connectivity index (χ4n) is 12.3. The van der Waals surface area contributed by atoms with Crippen molar-refractivity contribution in [1.29, 1.82) is 0 Å². The van der Waals surface area contributed by atoms with Gasteiger partial charge < -0.3 is 4.74 Å². The molecule has 0 bridgehead atoms. The van der Waals surface area contributed by atoms with Gasteiger partial charge in [-0.25, -0.2) is 0 Å². The molecular weight excluding hydrogens is 921 g/mol. The van der Waals surface area contributed by atoms with Gasteiger partial charge in [-0.1, -0.05) is 444 Å². The quantitative estimate of drug-likeness (QED) is 0.0448. The lowest BCUT2D eigenvalue weighted by atomic mass is 10.0. The summed E-state index contributed by atoms with van der Waals surface area (Å²) in [5.41, 5.74) is 0. The van der Waals surface area contributed by atoms with E-state index in [0.29, 0.717) is 13.0 Å². The number of unbranched alkanes of at least 4 members (excludes halogenated alkanes) is 67. The molecule has 0 spiro atoms. The predicted molar refractivity (Wildman–Crippen MR) is 345 cm³/mol. The van der Waals surface area contributed by atoms with Crippen molar-refractivity contribution in [3.8, 4) is 0 Å². The zero-order valence-corrected chi connectivity index (χ0v) is 53.5. The number of esters is 1. The summed E-state index contributed by atoms with van der Waals surface area (Å²) in [4.78, 5) is 12.2. The molecule has 76 heavy (non-hydrogen) atoms. The molecule has 0 aliphatic carbocycles. The van der Waals surface area contributed by atoms with Gasteiger partial charge in [0.1, 0.15) is 0 Å². The number of hydrogen-bond donors (Lipinski definition) is 0. The molecule has 0 unspecified atom stereocenters. The first-order valence-electron chi connectivity index (χ1n) is 37.0. The fraction of sp³-hybridized carbons (Fsp3) is 0.986. The van der Waals surface area contributed by atoms with E-state index >= 15 is 0 Å². The van der Waals surface area contributed by atoms with E-state index in [9.17, 15) is 4.79 Å². The van der Waals surface area contributed by atoms with Gasteiger partial charge in [0, 0.05) is 6.42 Å². The summed E-state index contributed by atoms with van der Waals surface area (Å²) in [6, 6.07) is 0. The van der Waals surface area contributed by atoms with Gasteiger partial charge in [-0.15, -0.1) is 0 Å². The molecule has 0 aromatic rings. The zero-order chi connectivity index (χ0) is 54.5. The maximum Gasteiger partial charge on any atom is 0.305 e. The number of hydrogen-bond acceptors (Lipinski definition) is 2. The second kappa shape index (κ2) is 72.5. The van der Waals surface area contributed by atoms with Gasteiger partial charge >= 0.3 is 5.97 Å². The number of ether oxygens (including phenoxy) is 1. The van der Waals surface area contributed by atoms with Gasteiger partial charge in [-0.2, -0.15) is 0 Å². The lowest BCUT2D eigenvalue weighted by Crippen LogP contribution is -2.05. The molecule has 0 N–H and O–H groups in total. The molecule has 0 saturated heterocycles. The first-order chi connectivity index (χ1) is 37.8. The van der Waals surface area contributed by atoms with Crippen molar-refractivity contribution in [2.75, 3.05) is 6.61 Å². The Morgan fingerprint density at radius 2 is 0.289 bits per heavy atom. The van der Waals surface area contributed by atoms with Crippen LogP contribution in [0.1, 0.15) is 463 Å². The van der Waals surface area contributed by atoms with E-state index in [4.69, 9.17) is 4.74 Å². The van der Waals surface area contributed by atoms with Crippen molar-refractivity contribution in [2.24, 2.45) is 0 Å². The van der Waals surface area contributed by atoms with Crippen LogP contribution in [0.2, 0.25) is 0 Å². The van der Waals surface area contributed by atoms with Crippen LogP contribution in [0.5, 0.6) is 0 Å². The summed E-state index contributed by atoms with van der Waals surface area (Å²) in [6.07, 6.45) is 99.6. The van der Waals surface area contributed by atoms with Gasteiger partial charge in [-0.05, 0) is 12.8 Å². The van der Waals surface area contributed by atoms with Crippen LogP contribution < -0.4 is 0 Å². The monoisotopic (exact) mass is 1070 g/mol. The average Bonchev–Trinajstić information content (AvgIpc) is 3.43. The Labute approximate surface area is 483 Å². The molecule has 0 aromatic carbocycles. The Kier molecular flexibility index (Phi) is 72.0. The normalized spacial score (nSPS) is 11.7. The molecule has 456 valence electrons. The van der Waals surface area contributed by atoms with E-state index in [2.05, 4.69) is 13.8 Å². The average molecular weight is 1070 g/mol. The van der Waals surface area contributed by atoms with E-state index in [0.717, 1.165) is 12.8 Å². The molecule has 0 saturated carbocycles. The number of rotatable bonds is 71. The van der Waals surface area contributed by atoms with Crippen LogP contribution in [0.4, 0.5) is 0 Å². The highest BCUT2D eigenvalue weighted by molar-refractivity contribution is 5.69. The molecule has 0 amide bonds. The van der Waals surface area contributed by atoms with E-state index in [1.54, 1.807) is 0 Å². The third-order valence-electron chi connectivity index (χ3n) is 17.7. The maximum atomic E-state index is 12.2. The highest BCUT2D eigenvalue weighted by Crippen LogP contribution is 2.20. The van der Waals surface area contributed by atoms with Crippen LogP contribution in [0, 0.1) is 0 Å². The Morgan fingerprint density at radius 1 is 0.171 bits per heavy atom. The van der Waals surface area contributed by atoms with Crippen molar-refractivity contribution < 1.29 is 9.53 Å². The first-order valence-corrected chi connectivity index (χ1v) is 37.0. The fourth-order valence-corrected chi connectivity index (χ4v) is 12.3. The molecule has 0 aliphatic rings. The minimum atomic E-state index is 0.0390. The van der Waals surface area contributed by atoms with Crippen LogP contribution >= 0.6 is 0 Å². The van der Waals surface area contributed by atoms with Crippen molar-refractivity contribution in [1.82, 2.24) is 0 Å². The molecule has 0 aromatic heterocycles. The van der Waals surface area contributed by atoms with Crippen LogP contribution in [0.15, 0.2) is 0 Å². The van der Waals surface area contributed by atoms with Crippen LogP contribution in [0.25, 0.3) is 0 Å². The van der Waals surface area contributed by atoms with Crippen molar-refractivity contribution >= 4 is 5.97 Å². The summed E-state index contributed by atoms with van der Waals surface area (Å²) in [5.74, 6) is 0.0390.